The monoisotopic (exact) mass is 244 g/mol. The molecule has 3 heteroatoms. The van der Waals surface area contributed by atoms with Crippen molar-refractivity contribution in [2.75, 3.05) is 0 Å². The molecule has 3 nitrogen and oxygen atoms in total. The molecule has 0 spiro atoms. The molecule has 0 amide bonds. The van der Waals surface area contributed by atoms with Crippen molar-refractivity contribution in [3.05, 3.63) is 0 Å². The lowest BCUT2D eigenvalue weighted by atomic mass is 10.00. The van der Waals surface area contributed by atoms with E-state index in [0.29, 0.717) is 5.92 Å². The molecule has 17 heavy (non-hydrogen) atoms. The summed E-state index contributed by atoms with van der Waals surface area (Å²) >= 11 is 0. The molecule has 0 heterocycles. The number of rotatable bonds is 9. The van der Waals surface area contributed by atoms with E-state index in [0.717, 1.165) is 32.1 Å². The summed E-state index contributed by atoms with van der Waals surface area (Å²) in [6.45, 7) is 10.3. The van der Waals surface area contributed by atoms with Crippen molar-refractivity contribution in [2.45, 2.75) is 72.8 Å². The highest BCUT2D eigenvalue weighted by Crippen LogP contribution is 2.16. The fourth-order valence-electron chi connectivity index (χ4n) is 1.84. The van der Waals surface area contributed by atoms with E-state index in [1.54, 1.807) is 0 Å². The summed E-state index contributed by atoms with van der Waals surface area (Å²) in [5, 5.41) is 0. The van der Waals surface area contributed by atoms with Crippen LogP contribution in [-0.4, -0.2) is 12.1 Å². The molecule has 0 radical (unpaired) electrons. The van der Waals surface area contributed by atoms with Crippen LogP contribution in [-0.2, 0) is 14.6 Å². The largest absolute Gasteiger partial charge is 0.345 e. The molecule has 102 valence electrons. The second-order valence-electron chi connectivity index (χ2n) is 5.19. The Kier molecular flexibility index (Phi) is 9.14. The van der Waals surface area contributed by atoms with Crippen molar-refractivity contribution in [1.82, 2.24) is 0 Å². The molecule has 0 saturated carbocycles. The quantitative estimate of drug-likeness (QED) is 0.452. The maximum Gasteiger partial charge on any atom is 0.345 e. The van der Waals surface area contributed by atoms with Crippen LogP contribution >= 0.6 is 0 Å². The average molecular weight is 244 g/mol. The van der Waals surface area contributed by atoms with E-state index in [4.69, 9.17) is 9.78 Å². The van der Waals surface area contributed by atoms with E-state index in [9.17, 15) is 4.79 Å². The van der Waals surface area contributed by atoms with Gasteiger partial charge >= 0.3 is 5.97 Å². The smallest absolute Gasteiger partial charge is 0.298 e. The Balaban J connectivity index is 3.88. The summed E-state index contributed by atoms with van der Waals surface area (Å²) in [7, 11) is 0. The molecule has 0 aromatic rings. The van der Waals surface area contributed by atoms with Crippen molar-refractivity contribution < 1.29 is 14.6 Å². The lowest BCUT2D eigenvalue weighted by Crippen LogP contribution is -2.21. The molecule has 2 atom stereocenters. The van der Waals surface area contributed by atoms with Crippen molar-refractivity contribution in [2.24, 2.45) is 11.8 Å². The fraction of sp³-hybridized carbons (Fsp3) is 0.929. The summed E-state index contributed by atoms with van der Waals surface area (Å²) in [4.78, 5) is 21.8. The molecular formula is C14H28O3. The standard InChI is InChI=1S/C14H28O3/c1-6-8-9-13(7-2)14(15)17-16-12(5)10-11(3)4/h11-13H,6-10H2,1-5H3. The first kappa shape index (κ1) is 16.4. The third-order valence-electron chi connectivity index (χ3n) is 2.83. The van der Waals surface area contributed by atoms with Gasteiger partial charge in [0.05, 0.1) is 5.92 Å². The van der Waals surface area contributed by atoms with E-state index in [2.05, 4.69) is 20.8 Å². The topological polar surface area (TPSA) is 35.5 Å². The van der Waals surface area contributed by atoms with E-state index in [1.165, 1.54) is 0 Å². The van der Waals surface area contributed by atoms with Gasteiger partial charge in [0.25, 0.3) is 0 Å². The molecule has 0 aromatic carbocycles. The van der Waals surface area contributed by atoms with Crippen molar-refractivity contribution in [3.8, 4) is 0 Å². The van der Waals surface area contributed by atoms with Gasteiger partial charge in [-0.25, -0.2) is 4.79 Å². The predicted octanol–water partition coefficient (Wildman–Crippen LogP) is 4.11. The van der Waals surface area contributed by atoms with Crippen LogP contribution in [0.1, 0.15) is 66.7 Å². The second kappa shape index (κ2) is 9.46. The van der Waals surface area contributed by atoms with Gasteiger partial charge in [-0.2, -0.15) is 4.89 Å². The first-order valence-electron chi connectivity index (χ1n) is 6.88. The van der Waals surface area contributed by atoms with Crippen molar-refractivity contribution in [1.29, 1.82) is 0 Å². The van der Waals surface area contributed by atoms with Gasteiger partial charge in [-0.1, -0.05) is 40.5 Å². The molecule has 0 aliphatic heterocycles. The van der Waals surface area contributed by atoms with Crippen LogP contribution in [0.25, 0.3) is 0 Å². The Morgan fingerprint density at radius 3 is 2.29 bits per heavy atom. The lowest BCUT2D eigenvalue weighted by Gasteiger charge is -2.16. The zero-order valence-electron chi connectivity index (χ0n) is 12.0. The Bertz CT molecular complexity index is 202. The summed E-state index contributed by atoms with van der Waals surface area (Å²) in [6, 6.07) is 0. The third kappa shape index (κ3) is 8.19. The second-order valence-corrected chi connectivity index (χ2v) is 5.19. The highest BCUT2D eigenvalue weighted by molar-refractivity contribution is 5.71. The van der Waals surface area contributed by atoms with Gasteiger partial charge in [-0.05, 0) is 32.1 Å². The van der Waals surface area contributed by atoms with Gasteiger partial charge in [0.15, 0.2) is 0 Å². The van der Waals surface area contributed by atoms with Crippen molar-refractivity contribution >= 4 is 5.97 Å². The zero-order valence-corrected chi connectivity index (χ0v) is 12.0. The van der Waals surface area contributed by atoms with Crippen LogP contribution in [0, 0.1) is 11.8 Å². The van der Waals surface area contributed by atoms with Crippen molar-refractivity contribution in [3.63, 3.8) is 0 Å². The normalized spacial score (nSPS) is 14.7. The summed E-state index contributed by atoms with van der Waals surface area (Å²) in [5.74, 6) is 0.323. The Morgan fingerprint density at radius 2 is 1.82 bits per heavy atom. The van der Waals surface area contributed by atoms with E-state index >= 15 is 0 Å². The number of carbonyl (C=O) groups excluding carboxylic acids is 1. The van der Waals surface area contributed by atoms with Gasteiger partial charge in [-0.3, -0.25) is 4.89 Å². The maximum absolute atomic E-state index is 11.7. The molecule has 0 saturated heterocycles. The minimum absolute atomic E-state index is 0.0128. The molecule has 0 aliphatic rings. The van der Waals surface area contributed by atoms with Gasteiger partial charge < -0.3 is 0 Å². The van der Waals surface area contributed by atoms with Gasteiger partial charge in [0.1, 0.15) is 6.10 Å². The first-order valence-corrected chi connectivity index (χ1v) is 6.88. The summed E-state index contributed by atoms with van der Waals surface area (Å²) in [5.41, 5.74) is 0. The van der Waals surface area contributed by atoms with Crippen LogP contribution in [0.15, 0.2) is 0 Å². The number of unbranched alkanes of at least 4 members (excludes halogenated alkanes) is 1. The molecule has 2 unspecified atom stereocenters. The number of carbonyl (C=O) groups is 1. The highest BCUT2D eigenvalue weighted by atomic mass is 17.2. The molecule has 0 aliphatic carbocycles. The van der Waals surface area contributed by atoms with Crippen LogP contribution in [0.4, 0.5) is 0 Å². The number of hydrogen-bond acceptors (Lipinski definition) is 3. The summed E-state index contributed by atoms with van der Waals surface area (Å²) < 4.78 is 0. The van der Waals surface area contributed by atoms with Gasteiger partial charge in [0.2, 0.25) is 0 Å². The van der Waals surface area contributed by atoms with Crippen LogP contribution in [0.5, 0.6) is 0 Å². The third-order valence-corrected chi connectivity index (χ3v) is 2.83. The molecule has 0 N–H and O–H groups in total. The zero-order chi connectivity index (χ0) is 13.3. The average Bonchev–Trinajstić information content (AvgIpc) is 2.26. The molecule has 0 aromatic heterocycles. The number of hydrogen-bond donors (Lipinski definition) is 0. The SMILES string of the molecule is CCCCC(CC)C(=O)OOC(C)CC(C)C. The lowest BCUT2D eigenvalue weighted by molar-refractivity contribution is -0.300. The predicted molar refractivity (Wildman–Crippen MR) is 69.4 cm³/mol. The Hall–Kier alpha value is -0.570. The van der Waals surface area contributed by atoms with E-state index in [1.807, 2.05) is 13.8 Å². The first-order chi connectivity index (χ1) is 8.01. The molecule has 0 rings (SSSR count). The van der Waals surface area contributed by atoms with Crippen LogP contribution < -0.4 is 0 Å². The molecular weight excluding hydrogens is 216 g/mol. The van der Waals surface area contributed by atoms with Gasteiger partial charge in [-0.15, -0.1) is 0 Å². The summed E-state index contributed by atoms with van der Waals surface area (Å²) in [6.07, 6.45) is 4.76. The van der Waals surface area contributed by atoms with Gasteiger partial charge in [0, 0.05) is 0 Å². The van der Waals surface area contributed by atoms with E-state index in [-0.39, 0.29) is 18.0 Å². The fourth-order valence-corrected chi connectivity index (χ4v) is 1.84. The minimum atomic E-state index is -0.212. The molecule has 0 bridgehead atoms. The minimum Gasteiger partial charge on any atom is -0.298 e. The van der Waals surface area contributed by atoms with E-state index < -0.39 is 0 Å². The van der Waals surface area contributed by atoms with Crippen LogP contribution in [0.3, 0.4) is 0 Å². The maximum atomic E-state index is 11.7. The van der Waals surface area contributed by atoms with Crippen LogP contribution in [0.2, 0.25) is 0 Å². The Morgan fingerprint density at radius 1 is 1.18 bits per heavy atom. The Labute approximate surface area is 106 Å². The molecule has 0 fully saturated rings. The highest BCUT2D eigenvalue weighted by Gasteiger charge is 2.19.